The van der Waals surface area contributed by atoms with Gasteiger partial charge < -0.3 is 9.73 Å². The van der Waals surface area contributed by atoms with Crippen molar-refractivity contribution in [1.29, 1.82) is 0 Å². The molecule has 2 saturated heterocycles. The van der Waals surface area contributed by atoms with Gasteiger partial charge in [0, 0.05) is 25.2 Å². The number of halogens is 1. The number of nitrogens with zero attached hydrogens (tertiary/aromatic N) is 2. The number of carbonyl (C=O) groups is 1. The van der Waals surface area contributed by atoms with Gasteiger partial charge in [-0.3, -0.25) is 9.69 Å². The van der Waals surface area contributed by atoms with Crippen molar-refractivity contribution >= 4 is 27.5 Å². The van der Waals surface area contributed by atoms with Crippen LogP contribution in [0.5, 0.6) is 0 Å². The Morgan fingerprint density at radius 1 is 1.10 bits per heavy atom. The molecule has 1 aromatic carbocycles. The first-order valence-electron chi connectivity index (χ1n) is 10.3. The van der Waals surface area contributed by atoms with E-state index < -0.39 is 10.0 Å². The Labute approximate surface area is 182 Å². The number of likely N-dealkylation sites (tertiary alicyclic amines) is 1. The summed E-state index contributed by atoms with van der Waals surface area (Å²) in [6.45, 7) is 3.26. The number of amides is 1. The Balaban J connectivity index is 1.50. The number of rotatable bonds is 7. The quantitative estimate of drug-likeness (QED) is 0.698. The summed E-state index contributed by atoms with van der Waals surface area (Å²) in [6, 6.07) is 8.12. The number of carbonyl (C=O) groups excluding carboxylic acids is 1. The van der Waals surface area contributed by atoms with Gasteiger partial charge in [-0.15, -0.1) is 0 Å². The monoisotopic (exact) mass is 451 g/mol. The van der Waals surface area contributed by atoms with Crippen LogP contribution < -0.4 is 5.32 Å². The maximum Gasteiger partial charge on any atom is 0.251 e. The van der Waals surface area contributed by atoms with E-state index in [9.17, 15) is 13.2 Å². The summed E-state index contributed by atoms with van der Waals surface area (Å²) >= 11 is 6.19. The van der Waals surface area contributed by atoms with Crippen molar-refractivity contribution in [2.75, 3.05) is 32.7 Å². The van der Waals surface area contributed by atoms with Crippen LogP contribution in [0.3, 0.4) is 0 Å². The standard InChI is InChI=1S/C21H26ClN3O4S/c22-17-8-7-16(14-20(17)30(27,28)25-11-3-4-12-25)21(26)23-15-18(19-6-5-13-29-19)24-9-1-2-10-24/h5-8,13-14,18H,1-4,9-12,15H2,(H,23,26). The summed E-state index contributed by atoms with van der Waals surface area (Å²) in [7, 11) is -3.71. The molecule has 0 spiro atoms. The lowest BCUT2D eigenvalue weighted by molar-refractivity contribution is 0.0933. The zero-order valence-electron chi connectivity index (χ0n) is 16.7. The smallest absolute Gasteiger partial charge is 0.251 e. The summed E-state index contributed by atoms with van der Waals surface area (Å²) in [5.74, 6) is 0.478. The molecule has 2 aliphatic rings. The highest BCUT2D eigenvalue weighted by Crippen LogP contribution is 2.29. The molecule has 1 amide bonds. The van der Waals surface area contributed by atoms with Crippen LogP contribution in [0.25, 0.3) is 0 Å². The Morgan fingerprint density at radius 3 is 2.47 bits per heavy atom. The maximum absolute atomic E-state index is 12.9. The van der Waals surface area contributed by atoms with Crippen LogP contribution in [0, 0.1) is 0 Å². The first-order valence-corrected chi connectivity index (χ1v) is 12.1. The average molecular weight is 452 g/mol. The minimum absolute atomic E-state index is 0.0131. The molecule has 30 heavy (non-hydrogen) atoms. The lowest BCUT2D eigenvalue weighted by atomic mass is 10.1. The van der Waals surface area contributed by atoms with E-state index in [0.717, 1.165) is 44.5 Å². The molecule has 162 valence electrons. The van der Waals surface area contributed by atoms with Gasteiger partial charge in [-0.2, -0.15) is 4.31 Å². The van der Waals surface area contributed by atoms with E-state index in [1.165, 1.54) is 16.4 Å². The van der Waals surface area contributed by atoms with Crippen molar-refractivity contribution in [3.8, 4) is 0 Å². The first-order chi connectivity index (χ1) is 14.5. The third-order valence-electron chi connectivity index (χ3n) is 5.79. The number of hydrogen-bond donors (Lipinski definition) is 1. The molecule has 1 atom stereocenters. The van der Waals surface area contributed by atoms with Crippen LogP contribution in [0.15, 0.2) is 45.9 Å². The molecule has 7 nitrogen and oxygen atoms in total. The normalized spacial score (nSPS) is 19.2. The van der Waals surface area contributed by atoms with Crippen molar-refractivity contribution in [1.82, 2.24) is 14.5 Å². The van der Waals surface area contributed by atoms with E-state index in [1.807, 2.05) is 12.1 Å². The Hall–Kier alpha value is -1.87. The Bertz CT molecular complexity index is 982. The summed E-state index contributed by atoms with van der Waals surface area (Å²) < 4.78 is 32.8. The van der Waals surface area contributed by atoms with Gasteiger partial charge in [0.2, 0.25) is 10.0 Å². The second kappa shape index (κ2) is 9.09. The van der Waals surface area contributed by atoms with Crippen molar-refractivity contribution in [3.63, 3.8) is 0 Å². The number of benzene rings is 1. The van der Waals surface area contributed by atoms with Crippen molar-refractivity contribution in [3.05, 3.63) is 52.9 Å². The van der Waals surface area contributed by atoms with Gasteiger partial charge in [0.15, 0.2) is 0 Å². The molecule has 1 unspecified atom stereocenters. The van der Waals surface area contributed by atoms with E-state index in [0.29, 0.717) is 19.6 Å². The lowest BCUT2D eigenvalue weighted by Crippen LogP contribution is -2.36. The minimum Gasteiger partial charge on any atom is -0.468 e. The summed E-state index contributed by atoms with van der Waals surface area (Å²) in [5.41, 5.74) is 0.275. The number of furan rings is 1. The second-order valence-corrected chi connectivity index (χ2v) is 10.1. The van der Waals surface area contributed by atoms with E-state index in [1.54, 1.807) is 12.3 Å². The average Bonchev–Trinajstić information content (AvgIpc) is 3.51. The number of hydrogen-bond acceptors (Lipinski definition) is 5. The van der Waals surface area contributed by atoms with Crippen LogP contribution in [0.4, 0.5) is 0 Å². The van der Waals surface area contributed by atoms with Crippen LogP contribution in [-0.4, -0.2) is 56.3 Å². The summed E-state index contributed by atoms with van der Waals surface area (Å²) in [6.07, 6.45) is 5.55. The molecule has 9 heteroatoms. The van der Waals surface area contributed by atoms with Gasteiger partial charge in [-0.05, 0) is 69.1 Å². The number of sulfonamides is 1. The van der Waals surface area contributed by atoms with E-state index in [2.05, 4.69) is 10.2 Å². The van der Waals surface area contributed by atoms with E-state index >= 15 is 0 Å². The maximum atomic E-state index is 12.9. The molecule has 2 aliphatic heterocycles. The summed E-state index contributed by atoms with van der Waals surface area (Å²) in [5, 5.41) is 3.07. The van der Waals surface area contributed by atoms with Gasteiger partial charge in [0.1, 0.15) is 10.7 Å². The third-order valence-corrected chi connectivity index (χ3v) is 8.17. The van der Waals surface area contributed by atoms with E-state index in [4.69, 9.17) is 16.0 Å². The number of nitrogens with one attached hydrogen (secondary N) is 1. The molecule has 0 aliphatic carbocycles. The molecular formula is C21H26ClN3O4S. The topological polar surface area (TPSA) is 82.9 Å². The molecule has 0 bridgehead atoms. The summed E-state index contributed by atoms with van der Waals surface area (Å²) in [4.78, 5) is 15.1. The molecular weight excluding hydrogens is 426 g/mol. The van der Waals surface area contributed by atoms with E-state index in [-0.39, 0.29) is 27.4 Å². The predicted octanol–water partition coefficient (Wildman–Crippen LogP) is 3.28. The predicted molar refractivity (Wildman–Crippen MR) is 114 cm³/mol. The van der Waals surface area contributed by atoms with Gasteiger partial charge in [-0.25, -0.2) is 8.42 Å². The fourth-order valence-corrected chi connectivity index (χ4v) is 6.16. The molecule has 2 fully saturated rings. The van der Waals surface area contributed by atoms with Crippen LogP contribution in [0.1, 0.15) is 47.8 Å². The minimum atomic E-state index is -3.71. The zero-order valence-corrected chi connectivity index (χ0v) is 18.3. The third kappa shape index (κ3) is 4.42. The van der Waals surface area contributed by atoms with Crippen LogP contribution >= 0.6 is 11.6 Å². The van der Waals surface area contributed by atoms with Crippen molar-refractivity contribution in [2.45, 2.75) is 36.6 Å². The van der Waals surface area contributed by atoms with Gasteiger partial charge in [-0.1, -0.05) is 11.6 Å². The van der Waals surface area contributed by atoms with Gasteiger partial charge in [0.25, 0.3) is 5.91 Å². The molecule has 0 radical (unpaired) electrons. The molecule has 3 heterocycles. The first kappa shape index (κ1) is 21.4. The molecule has 4 rings (SSSR count). The highest BCUT2D eigenvalue weighted by atomic mass is 35.5. The van der Waals surface area contributed by atoms with Crippen LogP contribution in [-0.2, 0) is 10.0 Å². The zero-order chi connectivity index (χ0) is 21.1. The molecule has 1 aromatic heterocycles. The molecule has 1 N–H and O–H groups in total. The van der Waals surface area contributed by atoms with Crippen molar-refractivity contribution in [2.24, 2.45) is 0 Å². The molecule has 2 aromatic rings. The Kier molecular flexibility index (Phi) is 6.48. The fraction of sp³-hybridized carbons (Fsp3) is 0.476. The van der Waals surface area contributed by atoms with Crippen molar-refractivity contribution < 1.29 is 17.6 Å². The molecule has 0 saturated carbocycles. The van der Waals surface area contributed by atoms with Crippen LogP contribution in [0.2, 0.25) is 5.02 Å². The SMILES string of the molecule is O=C(NCC(c1ccco1)N1CCCC1)c1ccc(Cl)c(S(=O)(=O)N2CCCC2)c1. The largest absolute Gasteiger partial charge is 0.468 e. The fourth-order valence-electron chi connectivity index (χ4n) is 4.15. The van der Waals surface area contributed by atoms with Gasteiger partial charge >= 0.3 is 0 Å². The highest BCUT2D eigenvalue weighted by molar-refractivity contribution is 7.89. The highest BCUT2D eigenvalue weighted by Gasteiger charge is 2.30. The Morgan fingerprint density at radius 2 is 1.80 bits per heavy atom. The second-order valence-electron chi connectivity index (χ2n) is 7.74. The van der Waals surface area contributed by atoms with Gasteiger partial charge in [0.05, 0.1) is 17.3 Å². The lowest BCUT2D eigenvalue weighted by Gasteiger charge is -2.26.